The van der Waals surface area contributed by atoms with E-state index in [9.17, 15) is 9.59 Å². The van der Waals surface area contributed by atoms with Gasteiger partial charge in [-0.1, -0.05) is 12.1 Å². The van der Waals surface area contributed by atoms with Crippen molar-refractivity contribution in [3.05, 3.63) is 29.3 Å². The standard InChI is InChI=1S/C22H29N3O3S/c1-14(2)25-20(21(28-3)22(25)27)15-10-12-24(13-11-15)19(26)9-8-18-23-16-6-4-5-7-17(16)29-18/h4-7,14-15,20-21H,8-13H2,1-3H3/t20-,21+/m0/s1. The number of likely N-dealkylation sites (tertiary alicyclic amines) is 2. The maximum atomic E-state index is 12.7. The molecule has 2 atom stereocenters. The molecule has 1 aromatic carbocycles. The number of hydrogen-bond acceptors (Lipinski definition) is 5. The monoisotopic (exact) mass is 415 g/mol. The molecule has 2 amide bonds. The molecule has 2 aliphatic heterocycles. The topological polar surface area (TPSA) is 62.7 Å². The maximum absolute atomic E-state index is 12.7. The van der Waals surface area contributed by atoms with Gasteiger partial charge >= 0.3 is 0 Å². The Bertz CT molecular complexity index is 855. The van der Waals surface area contributed by atoms with E-state index in [1.807, 2.05) is 28.0 Å². The third kappa shape index (κ3) is 3.90. The van der Waals surface area contributed by atoms with Gasteiger partial charge in [0.15, 0.2) is 6.10 Å². The van der Waals surface area contributed by atoms with Gasteiger partial charge in [0.2, 0.25) is 5.91 Å². The number of methoxy groups -OCH3 is 1. The molecule has 0 bridgehead atoms. The number of hydrogen-bond donors (Lipinski definition) is 0. The molecule has 29 heavy (non-hydrogen) atoms. The minimum Gasteiger partial charge on any atom is -0.369 e. The van der Waals surface area contributed by atoms with Gasteiger partial charge in [-0.05, 0) is 44.7 Å². The molecule has 0 unspecified atom stereocenters. The molecule has 0 spiro atoms. The van der Waals surface area contributed by atoms with E-state index in [0.717, 1.165) is 36.5 Å². The number of para-hydroxylation sites is 1. The summed E-state index contributed by atoms with van der Waals surface area (Å²) in [4.78, 5) is 33.6. The fourth-order valence-corrected chi connectivity index (χ4v) is 5.67. The van der Waals surface area contributed by atoms with Gasteiger partial charge in [-0.15, -0.1) is 11.3 Å². The van der Waals surface area contributed by atoms with E-state index in [-0.39, 0.29) is 30.0 Å². The number of thiazole rings is 1. The average molecular weight is 416 g/mol. The number of nitrogens with zero attached hydrogens (tertiary/aromatic N) is 3. The van der Waals surface area contributed by atoms with Crippen LogP contribution in [0.2, 0.25) is 0 Å². The van der Waals surface area contributed by atoms with Crippen LogP contribution in [0.3, 0.4) is 0 Å². The summed E-state index contributed by atoms with van der Waals surface area (Å²) in [5, 5.41) is 1.03. The van der Waals surface area contributed by atoms with Gasteiger partial charge in [-0.25, -0.2) is 4.98 Å². The first-order valence-electron chi connectivity index (χ1n) is 10.5. The van der Waals surface area contributed by atoms with Crippen molar-refractivity contribution in [3.8, 4) is 0 Å². The van der Waals surface area contributed by atoms with Gasteiger partial charge in [0.05, 0.1) is 21.3 Å². The molecular weight excluding hydrogens is 386 g/mol. The molecule has 0 radical (unpaired) electrons. The number of piperidine rings is 1. The number of aryl methyl sites for hydroxylation is 1. The second-order valence-corrected chi connectivity index (χ2v) is 9.39. The first-order valence-corrected chi connectivity index (χ1v) is 11.3. The van der Waals surface area contributed by atoms with E-state index in [1.54, 1.807) is 18.4 Å². The highest BCUT2D eigenvalue weighted by Crippen LogP contribution is 2.36. The molecule has 2 saturated heterocycles. The van der Waals surface area contributed by atoms with Gasteiger partial charge in [0.1, 0.15) is 0 Å². The zero-order chi connectivity index (χ0) is 20.5. The smallest absolute Gasteiger partial charge is 0.254 e. The van der Waals surface area contributed by atoms with Crippen LogP contribution in [0.25, 0.3) is 10.2 Å². The Labute approximate surface area is 175 Å². The lowest BCUT2D eigenvalue weighted by Crippen LogP contribution is -2.70. The predicted octanol–water partition coefficient (Wildman–Crippen LogP) is 3.10. The van der Waals surface area contributed by atoms with Crippen LogP contribution in [-0.2, 0) is 20.7 Å². The lowest BCUT2D eigenvalue weighted by molar-refractivity contribution is -0.182. The van der Waals surface area contributed by atoms with E-state index in [2.05, 4.69) is 24.9 Å². The normalized spacial score (nSPS) is 23.1. The molecule has 1 aromatic heterocycles. The minimum absolute atomic E-state index is 0.0989. The van der Waals surface area contributed by atoms with Crippen LogP contribution in [0.5, 0.6) is 0 Å². The number of benzene rings is 1. The number of ether oxygens (including phenoxy) is 1. The van der Waals surface area contributed by atoms with Gasteiger partial charge in [-0.3, -0.25) is 9.59 Å². The molecule has 6 nitrogen and oxygen atoms in total. The number of β-lactam (4-membered cyclic amide) rings is 1. The second-order valence-electron chi connectivity index (χ2n) is 8.28. The molecule has 7 heteroatoms. The van der Waals surface area contributed by atoms with Crippen molar-refractivity contribution in [1.29, 1.82) is 0 Å². The lowest BCUT2D eigenvalue weighted by Gasteiger charge is -2.53. The third-order valence-electron chi connectivity index (χ3n) is 6.21. The summed E-state index contributed by atoms with van der Waals surface area (Å²) < 4.78 is 6.63. The average Bonchev–Trinajstić information content (AvgIpc) is 3.13. The molecule has 4 rings (SSSR count). The minimum atomic E-state index is -0.316. The lowest BCUT2D eigenvalue weighted by atomic mass is 9.79. The molecule has 3 heterocycles. The zero-order valence-electron chi connectivity index (χ0n) is 17.3. The highest BCUT2D eigenvalue weighted by molar-refractivity contribution is 7.18. The fourth-order valence-electron chi connectivity index (χ4n) is 4.71. The molecule has 156 valence electrons. The number of rotatable bonds is 6. The van der Waals surface area contributed by atoms with Gasteiger partial charge < -0.3 is 14.5 Å². The number of amides is 2. The van der Waals surface area contributed by atoms with Crippen LogP contribution in [0.4, 0.5) is 0 Å². The Morgan fingerprint density at radius 2 is 2.00 bits per heavy atom. The van der Waals surface area contributed by atoms with Crippen molar-refractivity contribution >= 4 is 33.4 Å². The summed E-state index contributed by atoms with van der Waals surface area (Å²) >= 11 is 1.67. The van der Waals surface area contributed by atoms with Crippen molar-refractivity contribution in [2.45, 2.75) is 57.7 Å². The van der Waals surface area contributed by atoms with Crippen molar-refractivity contribution in [2.75, 3.05) is 20.2 Å². The van der Waals surface area contributed by atoms with E-state index < -0.39 is 0 Å². The summed E-state index contributed by atoms with van der Waals surface area (Å²) in [6.07, 6.45) is 2.73. The second kappa shape index (κ2) is 8.40. The van der Waals surface area contributed by atoms with Crippen LogP contribution in [0.15, 0.2) is 24.3 Å². The van der Waals surface area contributed by atoms with E-state index in [0.29, 0.717) is 18.8 Å². The Kier molecular flexibility index (Phi) is 5.88. The largest absolute Gasteiger partial charge is 0.369 e. The van der Waals surface area contributed by atoms with Gasteiger partial charge in [0, 0.05) is 39.1 Å². The molecule has 0 N–H and O–H groups in total. The predicted molar refractivity (Wildman–Crippen MR) is 114 cm³/mol. The summed E-state index contributed by atoms with van der Waals surface area (Å²) in [7, 11) is 1.62. The first-order chi connectivity index (χ1) is 14.0. The summed E-state index contributed by atoms with van der Waals surface area (Å²) in [5.74, 6) is 0.701. The van der Waals surface area contributed by atoms with Gasteiger partial charge in [0.25, 0.3) is 5.91 Å². The maximum Gasteiger partial charge on any atom is 0.254 e. The molecule has 2 fully saturated rings. The summed E-state index contributed by atoms with van der Waals surface area (Å²) in [6, 6.07) is 8.43. The van der Waals surface area contributed by atoms with Gasteiger partial charge in [-0.2, -0.15) is 0 Å². The van der Waals surface area contributed by atoms with Crippen molar-refractivity contribution < 1.29 is 14.3 Å². The molecule has 2 aromatic rings. The Morgan fingerprint density at radius 3 is 2.66 bits per heavy atom. The Morgan fingerprint density at radius 1 is 1.28 bits per heavy atom. The highest BCUT2D eigenvalue weighted by Gasteiger charge is 2.52. The summed E-state index contributed by atoms with van der Waals surface area (Å²) in [6.45, 7) is 5.63. The van der Waals surface area contributed by atoms with Crippen molar-refractivity contribution in [1.82, 2.24) is 14.8 Å². The van der Waals surface area contributed by atoms with Crippen molar-refractivity contribution in [3.63, 3.8) is 0 Å². The zero-order valence-corrected chi connectivity index (χ0v) is 18.2. The summed E-state index contributed by atoms with van der Waals surface area (Å²) in [5.41, 5.74) is 1.01. The van der Waals surface area contributed by atoms with E-state index in [1.165, 1.54) is 4.70 Å². The number of aromatic nitrogens is 1. The first kappa shape index (κ1) is 20.3. The number of fused-ring (bicyclic) bond motifs is 1. The Hall–Kier alpha value is -1.99. The Balaban J connectivity index is 1.29. The molecule has 2 aliphatic rings. The highest BCUT2D eigenvalue weighted by atomic mass is 32.1. The van der Waals surface area contributed by atoms with Crippen LogP contribution in [0.1, 0.15) is 38.1 Å². The SMILES string of the molecule is CO[C@H]1C(=O)N(C(C)C)[C@H]1C1CCN(C(=O)CCc2nc3ccccc3s2)CC1. The quantitative estimate of drug-likeness (QED) is 0.680. The van der Waals surface area contributed by atoms with Crippen LogP contribution < -0.4 is 0 Å². The van der Waals surface area contributed by atoms with Crippen LogP contribution in [-0.4, -0.2) is 65.0 Å². The number of carbonyl (C=O) groups is 2. The molecular formula is C22H29N3O3S. The van der Waals surface area contributed by atoms with Crippen molar-refractivity contribution in [2.24, 2.45) is 5.92 Å². The molecule has 0 saturated carbocycles. The molecule has 0 aliphatic carbocycles. The fraction of sp³-hybridized carbons (Fsp3) is 0.591. The van der Waals surface area contributed by atoms with Crippen LogP contribution in [0, 0.1) is 5.92 Å². The van der Waals surface area contributed by atoms with E-state index in [4.69, 9.17) is 4.74 Å². The third-order valence-corrected chi connectivity index (χ3v) is 7.30. The van der Waals surface area contributed by atoms with E-state index >= 15 is 0 Å². The number of carbonyl (C=O) groups excluding carboxylic acids is 2. The van der Waals surface area contributed by atoms with Crippen LogP contribution >= 0.6 is 11.3 Å².